The highest BCUT2D eigenvalue weighted by Crippen LogP contribution is 2.28. The van der Waals surface area contributed by atoms with Gasteiger partial charge in [-0.2, -0.15) is 0 Å². The van der Waals surface area contributed by atoms with E-state index >= 15 is 0 Å². The molecule has 2 aromatic carbocycles. The van der Waals surface area contributed by atoms with Gasteiger partial charge in [-0.1, -0.05) is 18.2 Å². The molecule has 1 heterocycles. The van der Waals surface area contributed by atoms with Crippen LogP contribution in [0.15, 0.2) is 48.5 Å². The minimum absolute atomic E-state index is 0.0950. The number of rotatable bonds is 6. The Kier molecular flexibility index (Phi) is 5.87. The van der Waals surface area contributed by atoms with Gasteiger partial charge in [0.2, 0.25) is 5.91 Å². The summed E-state index contributed by atoms with van der Waals surface area (Å²) in [6, 6.07) is 14.0. The molecule has 0 aromatic heterocycles. The summed E-state index contributed by atoms with van der Waals surface area (Å²) in [6.45, 7) is 2.88. The van der Waals surface area contributed by atoms with E-state index in [0.717, 1.165) is 0 Å². The zero-order valence-electron chi connectivity index (χ0n) is 15.1. The van der Waals surface area contributed by atoms with Crippen molar-refractivity contribution in [2.24, 2.45) is 0 Å². The summed E-state index contributed by atoms with van der Waals surface area (Å²) in [5, 5.41) is 14.1. The Morgan fingerprint density at radius 1 is 1.15 bits per heavy atom. The molecule has 0 spiro atoms. The third-order valence-electron chi connectivity index (χ3n) is 4.51. The van der Waals surface area contributed by atoms with Gasteiger partial charge in [-0.3, -0.25) is 19.8 Å². The number of benzene rings is 2. The molecule has 8 heteroatoms. The fraction of sp³-hybridized carbons (Fsp3) is 0.316. The first kappa shape index (κ1) is 18.7. The van der Waals surface area contributed by atoms with E-state index in [-0.39, 0.29) is 23.1 Å². The molecule has 3 rings (SSSR count). The predicted octanol–water partition coefficient (Wildman–Crippen LogP) is 2.36. The van der Waals surface area contributed by atoms with Crippen molar-refractivity contribution in [2.45, 2.75) is 0 Å². The molecule has 0 bridgehead atoms. The first-order chi connectivity index (χ1) is 13.1. The molecular weight excluding hydrogens is 348 g/mol. The summed E-state index contributed by atoms with van der Waals surface area (Å²) in [4.78, 5) is 27.2. The maximum atomic E-state index is 12.3. The second-order valence-corrected chi connectivity index (χ2v) is 6.29. The molecule has 0 aliphatic carbocycles. The fourth-order valence-corrected chi connectivity index (χ4v) is 3.14. The van der Waals surface area contributed by atoms with E-state index in [1.807, 2.05) is 28.0 Å². The smallest absolute Gasteiger partial charge is 0.292 e. The van der Waals surface area contributed by atoms with E-state index in [9.17, 15) is 14.9 Å². The number of para-hydroxylation sites is 2. The van der Waals surface area contributed by atoms with Gasteiger partial charge in [-0.05, 0) is 18.2 Å². The summed E-state index contributed by atoms with van der Waals surface area (Å²) in [5.41, 5.74) is 1.43. The topological polar surface area (TPSA) is 88.0 Å². The zero-order valence-corrected chi connectivity index (χ0v) is 15.1. The number of nitro benzene ring substituents is 1. The Bertz CT molecular complexity index is 819. The van der Waals surface area contributed by atoms with Crippen LogP contribution in [0.3, 0.4) is 0 Å². The van der Waals surface area contributed by atoms with Crippen molar-refractivity contribution < 1.29 is 14.5 Å². The molecule has 1 amide bonds. The Morgan fingerprint density at radius 3 is 2.59 bits per heavy atom. The van der Waals surface area contributed by atoms with Crippen molar-refractivity contribution in [3.05, 3.63) is 58.6 Å². The van der Waals surface area contributed by atoms with Crippen LogP contribution in [0, 0.1) is 10.1 Å². The first-order valence-corrected chi connectivity index (χ1v) is 8.71. The molecular formula is C19H22N4O4. The first-order valence-electron chi connectivity index (χ1n) is 8.71. The molecule has 0 saturated carbocycles. The Balaban J connectivity index is 1.53. The lowest BCUT2D eigenvalue weighted by Gasteiger charge is -2.35. The van der Waals surface area contributed by atoms with Gasteiger partial charge in [0, 0.05) is 44.0 Å². The molecule has 1 fully saturated rings. The van der Waals surface area contributed by atoms with Crippen molar-refractivity contribution in [1.82, 2.24) is 4.90 Å². The standard InChI is InChI=1S/C19H22N4O4/c1-27-16-6-4-5-15(13-16)20-19(24)14-21-9-11-22(12-10-21)17-7-2-3-8-18(17)23(25)26/h2-8,13H,9-12,14H2,1H3,(H,20,24). The second-order valence-electron chi connectivity index (χ2n) is 6.29. The average Bonchev–Trinajstić information content (AvgIpc) is 2.68. The number of nitrogens with one attached hydrogen (secondary N) is 1. The lowest BCUT2D eigenvalue weighted by molar-refractivity contribution is -0.384. The quantitative estimate of drug-likeness (QED) is 0.620. The summed E-state index contributed by atoms with van der Waals surface area (Å²) in [6.07, 6.45) is 0. The van der Waals surface area contributed by atoms with Crippen LogP contribution < -0.4 is 15.0 Å². The van der Waals surface area contributed by atoms with Gasteiger partial charge in [-0.25, -0.2) is 0 Å². The third kappa shape index (κ3) is 4.73. The second kappa shape index (κ2) is 8.50. The van der Waals surface area contributed by atoms with Crippen molar-refractivity contribution in [1.29, 1.82) is 0 Å². The van der Waals surface area contributed by atoms with Gasteiger partial charge in [-0.15, -0.1) is 0 Å². The normalized spacial score (nSPS) is 14.6. The van der Waals surface area contributed by atoms with Crippen LogP contribution in [0.1, 0.15) is 0 Å². The zero-order chi connectivity index (χ0) is 19.2. The highest BCUT2D eigenvalue weighted by molar-refractivity contribution is 5.92. The van der Waals surface area contributed by atoms with E-state index in [4.69, 9.17) is 4.74 Å². The van der Waals surface area contributed by atoms with E-state index < -0.39 is 0 Å². The van der Waals surface area contributed by atoms with Gasteiger partial charge in [0.25, 0.3) is 5.69 Å². The number of piperazine rings is 1. The van der Waals surface area contributed by atoms with Crippen LogP contribution in [0.4, 0.5) is 17.1 Å². The van der Waals surface area contributed by atoms with E-state index in [0.29, 0.717) is 43.3 Å². The number of carbonyl (C=O) groups is 1. The van der Waals surface area contributed by atoms with E-state index in [1.54, 1.807) is 31.4 Å². The highest BCUT2D eigenvalue weighted by atomic mass is 16.6. The Labute approximate surface area is 157 Å². The van der Waals surface area contributed by atoms with Crippen molar-refractivity contribution in [3.63, 3.8) is 0 Å². The maximum absolute atomic E-state index is 12.3. The van der Waals surface area contributed by atoms with Crippen LogP contribution in [0.5, 0.6) is 5.75 Å². The monoisotopic (exact) mass is 370 g/mol. The Hall–Kier alpha value is -3.13. The van der Waals surface area contributed by atoms with Crippen molar-refractivity contribution in [3.8, 4) is 5.75 Å². The number of amides is 1. The summed E-state index contributed by atoms with van der Waals surface area (Å²) >= 11 is 0. The van der Waals surface area contributed by atoms with Crippen LogP contribution >= 0.6 is 0 Å². The number of methoxy groups -OCH3 is 1. The predicted molar refractivity (Wildman–Crippen MR) is 103 cm³/mol. The van der Waals surface area contributed by atoms with Crippen molar-refractivity contribution >= 4 is 23.0 Å². The van der Waals surface area contributed by atoms with Gasteiger partial charge in [0.1, 0.15) is 11.4 Å². The molecule has 1 N–H and O–H groups in total. The third-order valence-corrected chi connectivity index (χ3v) is 4.51. The number of ether oxygens (including phenoxy) is 1. The molecule has 8 nitrogen and oxygen atoms in total. The van der Waals surface area contributed by atoms with Gasteiger partial charge < -0.3 is 15.0 Å². The van der Waals surface area contributed by atoms with E-state index in [1.165, 1.54) is 6.07 Å². The van der Waals surface area contributed by atoms with Crippen LogP contribution in [0.25, 0.3) is 0 Å². The number of hydrogen-bond donors (Lipinski definition) is 1. The number of hydrogen-bond acceptors (Lipinski definition) is 6. The largest absolute Gasteiger partial charge is 0.497 e. The summed E-state index contributed by atoms with van der Waals surface area (Å²) in [5.74, 6) is 0.591. The van der Waals surface area contributed by atoms with Crippen LogP contribution in [-0.4, -0.2) is 55.6 Å². The number of nitrogens with zero attached hydrogens (tertiary/aromatic N) is 3. The maximum Gasteiger partial charge on any atom is 0.292 e. The Morgan fingerprint density at radius 2 is 1.89 bits per heavy atom. The lowest BCUT2D eigenvalue weighted by atomic mass is 10.2. The SMILES string of the molecule is COc1cccc(NC(=O)CN2CCN(c3ccccc3[N+](=O)[O-])CC2)c1. The fourth-order valence-electron chi connectivity index (χ4n) is 3.14. The number of carbonyl (C=O) groups excluding carboxylic acids is 1. The highest BCUT2D eigenvalue weighted by Gasteiger charge is 2.24. The molecule has 1 aliphatic rings. The number of nitro groups is 1. The molecule has 27 heavy (non-hydrogen) atoms. The molecule has 2 aromatic rings. The molecule has 142 valence electrons. The molecule has 1 aliphatic heterocycles. The van der Waals surface area contributed by atoms with Crippen LogP contribution in [0.2, 0.25) is 0 Å². The van der Waals surface area contributed by atoms with Gasteiger partial charge in [0.15, 0.2) is 0 Å². The summed E-state index contributed by atoms with van der Waals surface area (Å²) in [7, 11) is 1.58. The minimum Gasteiger partial charge on any atom is -0.497 e. The summed E-state index contributed by atoms with van der Waals surface area (Å²) < 4.78 is 5.15. The van der Waals surface area contributed by atoms with E-state index in [2.05, 4.69) is 5.32 Å². The molecule has 1 saturated heterocycles. The average molecular weight is 370 g/mol. The van der Waals surface area contributed by atoms with Gasteiger partial charge >= 0.3 is 0 Å². The van der Waals surface area contributed by atoms with Gasteiger partial charge in [0.05, 0.1) is 18.6 Å². The van der Waals surface area contributed by atoms with Crippen LogP contribution in [-0.2, 0) is 4.79 Å². The number of anilines is 2. The molecule has 0 unspecified atom stereocenters. The lowest BCUT2D eigenvalue weighted by Crippen LogP contribution is -2.48. The van der Waals surface area contributed by atoms with Crippen molar-refractivity contribution in [2.75, 3.05) is 50.1 Å². The minimum atomic E-state index is -0.358. The molecule has 0 atom stereocenters. The molecule has 0 radical (unpaired) electrons.